The number of hydrogen-bond donors (Lipinski definition) is 1. The van der Waals surface area contributed by atoms with Crippen LogP contribution in [0.1, 0.15) is 23.3 Å². The molecule has 0 radical (unpaired) electrons. The lowest BCUT2D eigenvalue weighted by Gasteiger charge is -2.24. The molecule has 1 N–H and O–H groups in total. The lowest BCUT2D eigenvalue weighted by Crippen LogP contribution is -2.37. The van der Waals surface area contributed by atoms with Crippen molar-refractivity contribution in [3.05, 3.63) is 52.2 Å². The first-order chi connectivity index (χ1) is 12.2. The Morgan fingerprint density at radius 3 is 2.96 bits per heavy atom. The van der Waals surface area contributed by atoms with Crippen molar-refractivity contribution in [2.75, 3.05) is 25.0 Å². The smallest absolute Gasteiger partial charge is 0.238 e. The summed E-state index contributed by atoms with van der Waals surface area (Å²) in [5, 5.41) is 14.0. The number of benzene rings is 1. The third-order valence-electron chi connectivity index (χ3n) is 4.13. The highest BCUT2D eigenvalue weighted by molar-refractivity contribution is 7.09. The second-order valence-corrected chi connectivity index (χ2v) is 7.12. The quantitative estimate of drug-likeness (QED) is 0.828. The summed E-state index contributed by atoms with van der Waals surface area (Å²) in [7, 11) is 0. The van der Waals surface area contributed by atoms with Gasteiger partial charge in [0.1, 0.15) is 6.07 Å². The van der Waals surface area contributed by atoms with E-state index in [4.69, 9.17) is 10.00 Å². The molecule has 1 aromatic heterocycles. The normalized spacial score (nSPS) is 16.7. The Morgan fingerprint density at radius 1 is 1.36 bits per heavy atom. The zero-order valence-corrected chi connectivity index (χ0v) is 14.8. The summed E-state index contributed by atoms with van der Waals surface area (Å²) in [5.74, 6) is -0.114. The molecule has 1 aromatic carbocycles. The number of para-hydroxylation sites is 1. The van der Waals surface area contributed by atoms with Gasteiger partial charge in [0.25, 0.3) is 0 Å². The zero-order valence-electron chi connectivity index (χ0n) is 14.0. The molecule has 5 nitrogen and oxygen atoms in total. The average molecular weight is 355 g/mol. The zero-order chi connectivity index (χ0) is 17.5. The molecule has 0 spiro atoms. The van der Waals surface area contributed by atoms with Crippen LogP contribution in [-0.4, -0.2) is 36.6 Å². The predicted molar refractivity (Wildman–Crippen MR) is 98.4 cm³/mol. The number of rotatable bonds is 7. The van der Waals surface area contributed by atoms with Crippen molar-refractivity contribution in [3.63, 3.8) is 0 Å². The monoisotopic (exact) mass is 355 g/mol. The lowest BCUT2D eigenvalue weighted by molar-refractivity contribution is -0.117. The molecule has 0 aliphatic carbocycles. The van der Waals surface area contributed by atoms with Crippen LogP contribution >= 0.6 is 11.3 Å². The maximum absolute atomic E-state index is 12.5. The Balaban J connectivity index is 1.63. The third kappa shape index (κ3) is 5.13. The molecule has 2 aromatic rings. The predicted octanol–water partition coefficient (Wildman–Crippen LogP) is 3.24. The number of carbonyl (C=O) groups is 1. The molecule has 1 aliphatic heterocycles. The van der Waals surface area contributed by atoms with E-state index in [9.17, 15) is 4.79 Å². The second-order valence-electron chi connectivity index (χ2n) is 6.09. The van der Waals surface area contributed by atoms with Gasteiger partial charge in [0.05, 0.1) is 23.9 Å². The number of amides is 1. The van der Waals surface area contributed by atoms with Gasteiger partial charge in [0.15, 0.2) is 0 Å². The SMILES string of the molecule is N#Cc1ccccc1NC(=O)CN(Cc1cccs1)CC1CCCO1. The average Bonchev–Trinajstić information content (AvgIpc) is 3.29. The topological polar surface area (TPSA) is 65.4 Å². The molecular weight excluding hydrogens is 334 g/mol. The largest absolute Gasteiger partial charge is 0.377 e. The Labute approximate surface area is 151 Å². The fourth-order valence-electron chi connectivity index (χ4n) is 2.97. The number of hydrogen-bond acceptors (Lipinski definition) is 5. The van der Waals surface area contributed by atoms with E-state index in [-0.39, 0.29) is 18.6 Å². The van der Waals surface area contributed by atoms with Gasteiger partial charge in [-0.1, -0.05) is 18.2 Å². The summed E-state index contributed by atoms with van der Waals surface area (Å²) < 4.78 is 5.73. The van der Waals surface area contributed by atoms with Crippen molar-refractivity contribution in [3.8, 4) is 6.07 Å². The maximum Gasteiger partial charge on any atom is 0.238 e. The molecule has 1 fully saturated rings. The molecule has 0 bridgehead atoms. The van der Waals surface area contributed by atoms with E-state index in [2.05, 4.69) is 22.4 Å². The minimum atomic E-state index is -0.114. The van der Waals surface area contributed by atoms with E-state index in [0.29, 0.717) is 11.3 Å². The molecule has 6 heteroatoms. The Bertz CT molecular complexity index is 733. The summed E-state index contributed by atoms with van der Waals surface area (Å²) in [6.07, 6.45) is 2.32. The highest BCUT2D eigenvalue weighted by Crippen LogP contribution is 2.18. The molecule has 1 unspecified atom stereocenters. The molecule has 1 saturated heterocycles. The van der Waals surface area contributed by atoms with Crippen molar-refractivity contribution in [1.29, 1.82) is 5.26 Å². The summed E-state index contributed by atoms with van der Waals surface area (Å²) in [6, 6.07) is 13.3. The fraction of sp³-hybridized carbons (Fsp3) is 0.368. The van der Waals surface area contributed by atoms with Crippen LogP contribution in [0, 0.1) is 11.3 Å². The minimum Gasteiger partial charge on any atom is -0.377 e. The number of thiophene rings is 1. The van der Waals surface area contributed by atoms with E-state index < -0.39 is 0 Å². The van der Waals surface area contributed by atoms with Gasteiger partial charge in [-0.2, -0.15) is 5.26 Å². The van der Waals surface area contributed by atoms with Gasteiger partial charge in [-0.05, 0) is 36.4 Å². The van der Waals surface area contributed by atoms with Crippen LogP contribution in [0.25, 0.3) is 0 Å². The van der Waals surface area contributed by atoms with Crippen LogP contribution in [-0.2, 0) is 16.1 Å². The Hall–Kier alpha value is -2.20. The minimum absolute atomic E-state index is 0.114. The van der Waals surface area contributed by atoms with Gasteiger partial charge < -0.3 is 10.1 Å². The van der Waals surface area contributed by atoms with E-state index in [1.54, 1.807) is 29.5 Å². The number of anilines is 1. The van der Waals surface area contributed by atoms with Crippen molar-refractivity contribution < 1.29 is 9.53 Å². The van der Waals surface area contributed by atoms with Crippen molar-refractivity contribution in [2.24, 2.45) is 0 Å². The molecule has 2 heterocycles. The van der Waals surface area contributed by atoms with Crippen LogP contribution in [0.15, 0.2) is 41.8 Å². The number of carbonyl (C=O) groups excluding carboxylic acids is 1. The molecule has 1 amide bonds. The van der Waals surface area contributed by atoms with Gasteiger partial charge in [-0.3, -0.25) is 9.69 Å². The summed E-state index contributed by atoms with van der Waals surface area (Å²) >= 11 is 1.69. The first kappa shape index (κ1) is 17.6. The maximum atomic E-state index is 12.5. The van der Waals surface area contributed by atoms with E-state index in [1.165, 1.54) is 4.88 Å². The van der Waals surface area contributed by atoms with Gasteiger partial charge in [0.2, 0.25) is 5.91 Å². The number of nitrogens with zero attached hydrogens (tertiary/aromatic N) is 2. The lowest BCUT2D eigenvalue weighted by atomic mass is 10.2. The standard InChI is InChI=1S/C19H21N3O2S/c20-11-15-5-1-2-8-18(15)21-19(23)14-22(12-16-6-3-9-24-16)13-17-7-4-10-25-17/h1-2,4-5,7-8,10,16H,3,6,9,12-14H2,(H,21,23). The molecule has 1 atom stereocenters. The number of ether oxygens (including phenoxy) is 1. The molecule has 25 heavy (non-hydrogen) atoms. The van der Waals surface area contributed by atoms with Gasteiger partial charge in [0, 0.05) is 24.6 Å². The number of nitriles is 1. The van der Waals surface area contributed by atoms with Crippen molar-refractivity contribution in [1.82, 2.24) is 4.90 Å². The second kappa shape index (κ2) is 8.77. The molecule has 130 valence electrons. The fourth-order valence-corrected chi connectivity index (χ4v) is 3.71. The highest BCUT2D eigenvalue weighted by Gasteiger charge is 2.21. The summed E-state index contributed by atoms with van der Waals surface area (Å²) in [5.41, 5.74) is 1.03. The number of nitrogens with one attached hydrogen (secondary N) is 1. The summed E-state index contributed by atoms with van der Waals surface area (Å²) in [4.78, 5) is 15.8. The third-order valence-corrected chi connectivity index (χ3v) is 5.00. The first-order valence-corrected chi connectivity index (χ1v) is 9.28. The molecular formula is C19H21N3O2S. The van der Waals surface area contributed by atoms with Gasteiger partial charge >= 0.3 is 0 Å². The van der Waals surface area contributed by atoms with Crippen molar-refractivity contribution >= 4 is 22.9 Å². The summed E-state index contributed by atoms with van der Waals surface area (Å²) in [6.45, 7) is 2.55. The molecule has 0 saturated carbocycles. The molecule has 1 aliphatic rings. The van der Waals surface area contributed by atoms with Crippen LogP contribution in [0.5, 0.6) is 0 Å². The van der Waals surface area contributed by atoms with Crippen molar-refractivity contribution in [2.45, 2.75) is 25.5 Å². The highest BCUT2D eigenvalue weighted by atomic mass is 32.1. The van der Waals surface area contributed by atoms with Crippen LogP contribution in [0.3, 0.4) is 0 Å². The van der Waals surface area contributed by atoms with Gasteiger partial charge in [-0.15, -0.1) is 11.3 Å². The molecule has 3 rings (SSSR count). The Morgan fingerprint density at radius 2 is 2.24 bits per heavy atom. The first-order valence-electron chi connectivity index (χ1n) is 8.40. The van der Waals surface area contributed by atoms with E-state index in [0.717, 1.165) is 32.5 Å². The van der Waals surface area contributed by atoms with E-state index in [1.807, 2.05) is 17.5 Å². The van der Waals surface area contributed by atoms with Gasteiger partial charge in [-0.25, -0.2) is 0 Å². The van der Waals surface area contributed by atoms with Crippen LogP contribution < -0.4 is 5.32 Å². The van der Waals surface area contributed by atoms with E-state index >= 15 is 0 Å². The van der Waals surface area contributed by atoms with Crippen LogP contribution in [0.2, 0.25) is 0 Å². The Kier molecular flexibility index (Phi) is 6.18. The van der Waals surface area contributed by atoms with Crippen LogP contribution in [0.4, 0.5) is 5.69 Å².